The van der Waals surface area contributed by atoms with Crippen LogP contribution in [0.1, 0.15) is 24.0 Å². The normalized spacial score (nSPS) is 17.2. The quantitative estimate of drug-likeness (QED) is 0.726. The van der Waals surface area contributed by atoms with Crippen molar-refractivity contribution in [1.82, 2.24) is 9.97 Å². The molecule has 122 valence electrons. The van der Waals surface area contributed by atoms with Crippen LogP contribution in [0, 0.1) is 0 Å². The number of benzene rings is 1. The van der Waals surface area contributed by atoms with E-state index in [4.69, 9.17) is 10.5 Å². The maximum absolute atomic E-state index is 5.67. The van der Waals surface area contributed by atoms with Gasteiger partial charge in [-0.15, -0.1) is 0 Å². The molecule has 0 amide bonds. The van der Waals surface area contributed by atoms with Crippen LogP contribution in [-0.2, 0) is 17.8 Å². The van der Waals surface area contributed by atoms with E-state index in [9.17, 15) is 0 Å². The number of ether oxygens (including phenoxy) is 1. The van der Waals surface area contributed by atoms with Crippen molar-refractivity contribution < 1.29 is 4.74 Å². The van der Waals surface area contributed by atoms with Crippen LogP contribution in [0.5, 0.6) is 0 Å². The van der Waals surface area contributed by atoms with Gasteiger partial charge in [0.05, 0.1) is 6.10 Å². The lowest BCUT2D eigenvalue weighted by Gasteiger charge is -2.12. The first-order chi connectivity index (χ1) is 11.3. The van der Waals surface area contributed by atoms with Crippen molar-refractivity contribution in [2.45, 2.75) is 32.0 Å². The highest BCUT2D eigenvalue weighted by Gasteiger charge is 2.15. The first-order valence-electron chi connectivity index (χ1n) is 8.04. The summed E-state index contributed by atoms with van der Waals surface area (Å²) in [5.41, 5.74) is 7.98. The highest BCUT2D eigenvalue weighted by Crippen LogP contribution is 2.13. The number of rotatable bonds is 7. The van der Waals surface area contributed by atoms with E-state index in [1.165, 1.54) is 5.56 Å². The fourth-order valence-corrected chi connectivity index (χ4v) is 2.61. The van der Waals surface area contributed by atoms with Crippen molar-refractivity contribution in [2.24, 2.45) is 5.73 Å². The molecule has 1 aliphatic heterocycles. The summed E-state index contributed by atoms with van der Waals surface area (Å²) in [6.07, 6.45) is 4.26. The van der Waals surface area contributed by atoms with Crippen LogP contribution in [0.2, 0.25) is 0 Å². The summed E-state index contributed by atoms with van der Waals surface area (Å²) in [4.78, 5) is 8.73. The molecule has 6 nitrogen and oxygen atoms in total. The zero-order valence-electron chi connectivity index (χ0n) is 13.2. The van der Waals surface area contributed by atoms with Crippen molar-refractivity contribution in [3.05, 3.63) is 47.7 Å². The lowest BCUT2D eigenvalue weighted by Crippen LogP contribution is -2.19. The van der Waals surface area contributed by atoms with Gasteiger partial charge in [0.1, 0.15) is 5.82 Å². The van der Waals surface area contributed by atoms with E-state index >= 15 is 0 Å². The first-order valence-corrected chi connectivity index (χ1v) is 8.04. The van der Waals surface area contributed by atoms with Crippen molar-refractivity contribution >= 4 is 11.8 Å². The zero-order chi connectivity index (χ0) is 15.9. The molecule has 1 saturated heterocycles. The smallest absolute Gasteiger partial charge is 0.224 e. The maximum atomic E-state index is 5.67. The molecule has 0 aliphatic carbocycles. The van der Waals surface area contributed by atoms with Crippen LogP contribution < -0.4 is 16.4 Å². The third-order valence-electron chi connectivity index (χ3n) is 3.87. The number of anilines is 2. The second kappa shape index (κ2) is 7.89. The van der Waals surface area contributed by atoms with Crippen molar-refractivity contribution in [3.8, 4) is 0 Å². The lowest BCUT2D eigenvalue weighted by atomic mass is 10.1. The van der Waals surface area contributed by atoms with Crippen LogP contribution in [0.15, 0.2) is 36.5 Å². The Kier molecular flexibility index (Phi) is 5.39. The van der Waals surface area contributed by atoms with Gasteiger partial charge in [0.2, 0.25) is 5.95 Å². The molecule has 6 heteroatoms. The summed E-state index contributed by atoms with van der Waals surface area (Å²) in [6, 6.07) is 10.1. The van der Waals surface area contributed by atoms with E-state index in [1.807, 2.05) is 18.2 Å². The number of nitrogens with zero attached hydrogens (tertiary/aromatic N) is 2. The van der Waals surface area contributed by atoms with E-state index in [1.54, 1.807) is 6.20 Å². The van der Waals surface area contributed by atoms with Crippen molar-refractivity contribution in [2.75, 3.05) is 23.8 Å². The largest absolute Gasteiger partial charge is 0.376 e. The summed E-state index contributed by atoms with van der Waals surface area (Å²) in [5.74, 6) is 1.43. The summed E-state index contributed by atoms with van der Waals surface area (Å²) >= 11 is 0. The molecule has 0 saturated carbocycles. The Morgan fingerprint density at radius 1 is 1.22 bits per heavy atom. The molecule has 1 aromatic heterocycles. The van der Waals surface area contributed by atoms with E-state index < -0.39 is 0 Å². The minimum atomic E-state index is 0.272. The molecule has 0 radical (unpaired) electrons. The summed E-state index contributed by atoms with van der Waals surface area (Å²) in [5, 5.41) is 6.56. The summed E-state index contributed by atoms with van der Waals surface area (Å²) in [6.45, 7) is 2.87. The SMILES string of the molecule is NCc1cccc(CNc2ccnc(NCC3CCCO3)n2)c1. The summed E-state index contributed by atoms with van der Waals surface area (Å²) in [7, 11) is 0. The van der Waals surface area contributed by atoms with Gasteiger partial charge < -0.3 is 21.1 Å². The molecule has 2 heterocycles. The average Bonchev–Trinajstić information content (AvgIpc) is 3.12. The Labute approximate surface area is 136 Å². The number of nitrogens with two attached hydrogens (primary N) is 1. The Bertz CT molecular complexity index is 628. The third kappa shape index (κ3) is 4.64. The van der Waals surface area contributed by atoms with Crippen LogP contribution in [0.3, 0.4) is 0 Å². The molecule has 2 aromatic rings. The van der Waals surface area contributed by atoms with E-state index in [0.29, 0.717) is 19.0 Å². The molecule has 1 aliphatic rings. The fourth-order valence-electron chi connectivity index (χ4n) is 2.61. The molecule has 4 N–H and O–H groups in total. The van der Waals surface area contributed by atoms with Crippen LogP contribution in [0.25, 0.3) is 0 Å². The van der Waals surface area contributed by atoms with Gasteiger partial charge in [-0.25, -0.2) is 4.98 Å². The predicted octanol–water partition coefficient (Wildman–Crippen LogP) is 2.14. The number of aromatic nitrogens is 2. The monoisotopic (exact) mass is 313 g/mol. The molecular weight excluding hydrogens is 290 g/mol. The van der Waals surface area contributed by atoms with E-state index in [0.717, 1.165) is 37.4 Å². The van der Waals surface area contributed by atoms with Crippen molar-refractivity contribution in [3.63, 3.8) is 0 Å². The average molecular weight is 313 g/mol. The molecule has 23 heavy (non-hydrogen) atoms. The highest BCUT2D eigenvalue weighted by atomic mass is 16.5. The van der Waals surface area contributed by atoms with Crippen molar-refractivity contribution in [1.29, 1.82) is 0 Å². The maximum Gasteiger partial charge on any atom is 0.224 e. The minimum absolute atomic E-state index is 0.272. The van der Waals surface area contributed by atoms with E-state index in [-0.39, 0.29) is 6.10 Å². The topological polar surface area (TPSA) is 85.1 Å². The molecular formula is C17H23N5O. The summed E-state index contributed by atoms with van der Waals surface area (Å²) < 4.78 is 5.59. The number of nitrogens with one attached hydrogen (secondary N) is 2. The zero-order valence-corrected chi connectivity index (χ0v) is 13.2. The van der Waals surface area contributed by atoms with Gasteiger partial charge in [-0.3, -0.25) is 0 Å². The Morgan fingerprint density at radius 2 is 2.13 bits per heavy atom. The van der Waals surface area contributed by atoms with Gasteiger partial charge in [0.15, 0.2) is 0 Å². The third-order valence-corrected chi connectivity index (χ3v) is 3.87. The van der Waals surface area contributed by atoms with Crippen LogP contribution >= 0.6 is 0 Å². The molecule has 0 bridgehead atoms. The molecule has 1 aromatic carbocycles. The first kappa shape index (κ1) is 15.7. The Morgan fingerprint density at radius 3 is 2.96 bits per heavy atom. The van der Waals surface area contributed by atoms with Gasteiger partial charge in [-0.2, -0.15) is 4.98 Å². The van der Waals surface area contributed by atoms with Gasteiger partial charge >= 0.3 is 0 Å². The molecule has 1 fully saturated rings. The fraction of sp³-hybridized carbons (Fsp3) is 0.412. The second-order valence-electron chi connectivity index (χ2n) is 5.66. The molecule has 1 unspecified atom stereocenters. The number of hydrogen-bond donors (Lipinski definition) is 3. The van der Waals surface area contributed by atoms with Gasteiger partial charge in [-0.1, -0.05) is 24.3 Å². The van der Waals surface area contributed by atoms with Gasteiger partial charge in [0.25, 0.3) is 0 Å². The van der Waals surface area contributed by atoms with Gasteiger partial charge in [0, 0.05) is 32.4 Å². The molecule has 1 atom stereocenters. The van der Waals surface area contributed by atoms with Crippen LogP contribution in [-0.4, -0.2) is 29.2 Å². The molecule has 0 spiro atoms. The molecule has 3 rings (SSSR count). The van der Waals surface area contributed by atoms with Gasteiger partial charge in [-0.05, 0) is 30.0 Å². The Hall–Kier alpha value is -2.18. The standard InChI is InChI=1S/C17H23N5O/c18-10-13-3-1-4-14(9-13)11-20-16-6-7-19-17(22-16)21-12-15-5-2-8-23-15/h1,3-4,6-7,9,15H,2,5,8,10-12,18H2,(H2,19,20,21,22). The minimum Gasteiger partial charge on any atom is -0.376 e. The highest BCUT2D eigenvalue weighted by molar-refractivity contribution is 5.40. The number of hydrogen-bond acceptors (Lipinski definition) is 6. The predicted molar refractivity (Wildman–Crippen MR) is 91.2 cm³/mol. The second-order valence-corrected chi connectivity index (χ2v) is 5.66. The van der Waals surface area contributed by atoms with E-state index in [2.05, 4.69) is 32.7 Å². The Balaban J connectivity index is 1.54. The van der Waals surface area contributed by atoms with Crippen LogP contribution in [0.4, 0.5) is 11.8 Å². The lowest BCUT2D eigenvalue weighted by molar-refractivity contribution is 0.120.